The third-order valence-corrected chi connectivity index (χ3v) is 5.43. The minimum atomic E-state index is 0.00160. The van der Waals surface area contributed by atoms with Crippen molar-refractivity contribution in [3.8, 4) is 0 Å². The first kappa shape index (κ1) is 18.4. The molecule has 2 aliphatic heterocycles. The van der Waals surface area contributed by atoms with Gasteiger partial charge in [-0.3, -0.25) is 14.4 Å². The van der Waals surface area contributed by atoms with E-state index in [-0.39, 0.29) is 23.6 Å². The van der Waals surface area contributed by atoms with E-state index in [2.05, 4.69) is 5.32 Å². The Hall–Kier alpha value is -2.37. The van der Waals surface area contributed by atoms with Crippen molar-refractivity contribution in [1.82, 2.24) is 9.80 Å². The lowest BCUT2D eigenvalue weighted by atomic mass is 10.0. The fraction of sp³-hybridized carbons (Fsp3) is 0.550. The third-order valence-electron chi connectivity index (χ3n) is 5.43. The summed E-state index contributed by atoms with van der Waals surface area (Å²) in [7, 11) is 0. The van der Waals surface area contributed by atoms with Gasteiger partial charge in [0.05, 0.1) is 12.8 Å². The molecule has 0 bridgehead atoms. The third kappa shape index (κ3) is 3.89. The number of nitrogens with one attached hydrogen (secondary N) is 1. The van der Waals surface area contributed by atoms with Gasteiger partial charge in [0.1, 0.15) is 0 Å². The smallest absolute Gasteiger partial charge is 0.228 e. The summed E-state index contributed by atoms with van der Waals surface area (Å²) in [5, 5.41) is 2.80. The zero-order valence-corrected chi connectivity index (χ0v) is 15.6. The molecule has 1 aromatic carbocycles. The molecule has 1 saturated heterocycles. The summed E-state index contributed by atoms with van der Waals surface area (Å²) in [4.78, 5) is 40.2. The first-order valence-electron chi connectivity index (χ1n) is 9.50. The maximum atomic E-state index is 12.6. The lowest BCUT2D eigenvalue weighted by Gasteiger charge is -2.36. The van der Waals surface area contributed by atoms with E-state index in [1.165, 1.54) is 0 Å². The maximum absolute atomic E-state index is 12.6. The molecule has 0 radical (unpaired) electrons. The number of rotatable bonds is 5. The molecule has 1 fully saturated rings. The molecule has 3 rings (SSSR count). The van der Waals surface area contributed by atoms with Crippen LogP contribution in [-0.2, 0) is 27.2 Å². The molecule has 26 heavy (non-hydrogen) atoms. The van der Waals surface area contributed by atoms with Crippen LogP contribution in [0.2, 0.25) is 0 Å². The molecule has 0 atom stereocenters. The second-order valence-corrected chi connectivity index (χ2v) is 7.11. The average molecular weight is 357 g/mol. The van der Waals surface area contributed by atoms with Gasteiger partial charge in [0, 0.05) is 37.8 Å². The zero-order valence-electron chi connectivity index (χ0n) is 15.6. The van der Waals surface area contributed by atoms with Crippen LogP contribution in [0, 0.1) is 5.92 Å². The SMILES string of the molecule is CCC(CC)C(=O)N1CCN(C(=O)Cc2ccc3c(c2)CC(=O)N3)CC1. The minimum Gasteiger partial charge on any atom is -0.339 e. The molecule has 2 aliphatic rings. The van der Waals surface area contributed by atoms with Gasteiger partial charge in [0.2, 0.25) is 17.7 Å². The molecule has 0 aliphatic carbocycles. The van der Waals surface area contributed by atoms with Gasteiger partial charge in [-0.15, -0.1) is 0 Å². The zero-order chi connectivity index (χ0) is 18.7. The summed E-state index contributed by atoms with van der Waals surface area (Å²) < 4.78 is 0. The van der Waals surface area contributed by atoms with Crippen molar-refractivity contribution in [2.45, 2.75) is 39.5 Å². The molecule has 0 unspecified atom stereocenters. The molecule has 140 valence electrons. The fourth-order valence-corrected chi connectivity index (χ4v) is 3.75. The van der Waals surface area contributed by atoms with Crippen LogP contribution in [0.1, 0.15) is 37.8 Å². The summed E-state index contributed by atoms with van der Waals surface area (Å²) in [6.45, 7) is 6.51. The molecule has 6 heteroatoms. The largest absolute Gasteiger partial charge is 0.339 e. The van der Waals surface area contributed by atoms with E-state index in [4.69, 9.17) is 0 Å². The van der Waals surface area contributed by atoms with Crippen LogP contribution in [0.3, 0.4) is 0 Å². The predicted molar refractivity (Wildman–Crippen MR) is 99.7 cm³/mol. The van der Waals surface area contributed by atoms with Crippen molar-refractivity contribution in [3.05, 3.63) is 29.3 Å². The summed E-state index contributed by atoms with van der Waals surface area (Å²) in [6, 6.07) is 5.71. The number of carbonyl (C=O) groups is 3. The van der Waals surface area contributed by atoms with Crippen molar-refractivity contribution in [2.24, 2.45) is 5.92 Å². The Morgan fingerprint density at radius 3 is 2.38 bits per heavy atom. The van der Waals surface area contributed by atoms with E-state index in [1.54, 1.807) is 0 Å². The highest BCUT2D eigenvalue weighted by molar-refractivity contribution is 5.99. The summed E-state index contributed by atoms with van der Waals surface area (Å²) in [5.41, 5.74) is 2.74. The van der Waals surface area contributed by atoms with Gasteiger partial charge in [-0.2, -0.15) is 0 Å². The maximum Gasteiger partial charge on any atom is 0.228 e. The second-order valence-electron chi connectivity index (χ2n) is 7.11. The molecular formula is C20H27N3O3. The molecule has 1 aromatic rings. The Morgan fingerprint density at radius 2 is 1.73 bits per heavy atom. The Morgan fingerprint density at radius 1 is 1.08 bits per heavy atom. The molecule has 6 nitrogen and oxygen atoms in total. The Balaban J connectivity index is 1.54. The molecule has 0 spiro atoms. The molecular weight excluding hydrogens is 330 g/mol. The van der Waals surface area contributed by atoms with Gasteiger partial charge in [0.15, 0.2) is 0 Å². The van der Waals surface area contributed by atoms with Crippen molar-refractivity contribution in [3.63, 3.8) is 0 Å². The van der Waals surface area contributed by atoms with Gasteiger partial charge in [-0.1, -0.05) is 26.0 Å². The van der Waals surface area contributed by atoms with Crippen molar-refractivity contribution in [2.75, 3.05) is 31.5 Å². The van der Waals surface area contributed by atoms with Crippen LogP contribution in [0.4, 0.5) is 5.69 Å². The number of amides is 3. The van der Waals surface area contributed by atoms with Gasteiger partial charge in [-0.25, -0.2) is 0 Å². The highest BCUT2D eigenvalue weighted by Crippen LogP contribution is 2.24. The Bertz CT molecular complexity index is 704. The molecule has 2 heterocycles. The number of hydrogen-bond acceptors (Lipinski definition) is 3. The van der Waals surface area contributed by atoms with Gasteiger partial charge in [0.25, 0.3) is 0 Å². The van der Waals surface area contributed by atoms with Gasteiger partial charge < -0.3 is 15.1 Å². The highest BCUT2D eigenvalue weighted by Gasteiger charge is 2.27. The van der Waals surface area contributed by atoms with E-state index in [0.29, 0.717) is 39.0 Å². The Kier molecular flexibility index (Phi) is 5.59. The molecule has 1 N–H and O–H groups in total. The first-order valence-corrected chi connectivity index (χ1v) is 9.50. The summed E-state index contributed by atoms with van der Waals surface area (Å²) in [5.74, 6) is 0.400. The standard InChI is InChI=1S/C20H27N3O3/c1-3-15(4-2)20(26)23-9-7-22(8-10-23)19(25)12-14-5-6-17-16(11-14)13-18(24)21-17/h5-6,11,15H,3-4,7-10,12-13H2,1-2H3,(H,21,24). The van der Waals surface area contributed by atoms with E-state index in [0.717, 1.165) is 29.7 Å². The minimum absolute atomic E-state index is 0.00160. The van der Waals surface area contributed by atoms with Gasteiger partial charge >= 0.3 is 0 Å². The van der Waals surface area contributed by atoms with Crippen molar-refractivity contribution >= 4 is 23.4 Å². The quantitative estimate of drug-likeness (QED) is 0.874. The lowest BCUT2D eigenvalue weighted by Crippen LogP contribution is -2.52. The van der Waals surface area contributed by atoms with Crippen molar-refractivity contribution in [1.29, 1.82) is 0 Å². The number of hydrogen-bond donors (Lipinski definition) is 1. The number of anilines is 1. The van der Waals surface area contributed by atoms with Crippen LogP contribution in [-0.4, -0.2) is 53.7 Å². The fourth-order valence-electron chi connectivity index (χ4n) is 3.75. The number of nitrogens with zero attached hydrogens (tertiary/aromatic N) is 2. The average Bonchev–Trinajstić information content (AvgIpc) is 3.02. The number of benzene rings is 1. The predicted octanol–water partition coefficient (Wildman–Crippen LogP) is 1.83. The number of piperazine rings is 1. The first-order chi connectivity index (χ1) is 12.5. The molecule has 0 saturated carbocycles. The van der Waals surface area contributed by atoms with Crippen LogP contribution in [0.25, 0.3) is 0 Å². The van der Waals surface area contributed by atoms with Crippen LogP contribution in [0.5, 0.6) is 0 Å². The number of fused-ring (bicyclic) bond motifs is 1. The van der Waals surface area contributed by atoms with Gasteiger partial charge in [-0.05, 0) is 30.0 Å². The van der Waals surface area contributed by atoms with E-state index >= 15 is 0 Å². The molecule has 0 aromatic heterocycles. The van der Waals surface area contributed by atoms with Crippen LogP contribution < -0.4 is 5.32 Å². The lowest BCUT2D eigenvalue weighted by molar-refractivity contribution is -0.142. The van der Waals surface area contributed by atoms with E-state index < -0.39 is 0 Å². The Labute approximate surface area is 154 Å². The summed E-state index contributed by atoms with van der Waals surface area (Å²) in [6.07, 6.45) is 2.45. The van der Waals surface area contributed by atoms with Crippen LogP contribution in [0.15, 0.2) is 18.2 Å². The topological polar surface area (TPSA) is 69.7 Å². The number of carbonyl (C=O) groups excluding carboxylic acids is 3. The van der Waals surface area contributed by atoms with Crippen LogP contribution >= 0.6 is 0 Å². The van der Waals surface area contributed by atoms with Crippen molar-refractivity contribution < 1.29 is 14.4 Å². The van der Waals surface area contributed by atoms with E-state index in [1.807, 2.05) is 41.8 Å². The highest BCUT2D eigenvalue weighted by atomic mass is 16.2. The van der Waals surface area contributed by atoms with E-state index in [9.17, 15) is 14.4 Å². The second kappa shape index (κ2) is 7.89. The molecule has 3 amide bonds. The monoisotopic (exact) mass is 357 g/mol. The summed E-state index contributed by atoms with van der Waals surface area (Å²) >= 11 is 0. The normalized spacial score (nSPS) is 16.7.